The van der Waals surface area contributed by atoms with E-state index in [9.17, 15) is 17.6 Å². The molecule has 33 heavy (non-hydrogen) atoms. The Bertz CT molecular complexity index is 1480. The molecule has 1 fully saturated rings. The van der Waals surface area contributed by atoms with Crippen LogP contribution in [0.25, 0.3) is 15.3 Å². The van der Waals surface area contributed by atoms with E-state index in [1.54, 1.807) is 25.1 Å². The van der Waals surface area contributed by atoms with E-state index in [4.69, 9.17) is 11.6 Å². The Balaban J connectivity index is 1.44. The van der Waals surface area contributed by atoms with Gasteiger partial charge in [0.25, 0.3) is 10.0 Å². The number of amides is 1. The molecule has 3 aromatic heterocycles. The van der Waals surface area contributed by atoms with Crippen LogP contribution < -0.4 is 5.32 Å². The van der Waals surface area contributed by atoms with E-state index in [1.165, 1.54) is 38.5 Å². The molecule has 1 aliphatic heterocycles. The van der Waals surface area contributed by atoms with Crippen molar-refractivity contribution in [3.8, 4) is 5.13 Å². The van der Waals surface area contributed by atoms with E-state index in [0.29, 0.717) is 38.5 Å². The summed E-state index contributed by atoms with van der Waals surface area (Å²) in [5, 5.41) is 7.57. The van der Waals surface area contributed by atoms with Crippen LogP contribution in [0.1, 0.15) is 18.5 Å². The number of anilines is 1. The number of fused-ring (bicyclic) bond motifs is 1. The van der Waals surface area contributed by atoms with Crippen LogP contribution in [0, 0.1) is 12.7 Å². The molecule has 1 unspecified atom stereocenters. The Labute approximate surface area is 201 Å². The van der Waals surface area contributed by atoms with Gasteiger partial charge in [-0.2, -0.15) is 14.1 Å². The fraction of sp³-hybridized carbons (Fsp3) is 0.250. The van der Waals surface area contributed by atoms with Gasteiger partial charge in [-0.15, -0.1) is 11.3 Å². The maximum Gasteiger partial charge on any atom is 0.253 e. The average Bonchev–Trinajstić information content (AvgIpc) is 3.53. The normalized spacial score (nSPS) is 17.1. The number of aryl methyl sites for hydroxylation is 1. The number of thiophene rings is 1. The number of para-hydroxylation sites is 1. The quantitative estimate of drug-likeness (QED) is 0.415. The van der Waals surface area contributed by atoms with Gasteiger partial charge < -0.3 is 5.32 Å². The van der Waals surface area contributed by atoms with E-state index in [-0.39, 0.29) is 16.3 Å². The minimum absolute atomic E-state index is 0.101. The molecule has 1 aromatic carbocycles. The van der Waals surface area contributed by atoms with Gasteiger partial charge in [-0.3, -0.25) is 4.79 Å². The number of benzene rings is 1. The fourth-order valence-electron chi connectivity index (χ4n) is 3.78. The van der Waals surface area contributed by atoms with Crippen LogP contribution in [0.15, 0.2) is 40.6 Å². The monoisotopic (exact) mass is 525 g/mol. The molecule has 1 aliphatic rings. The van der Waals surface area contributed by atoms with E-state index in [0.717, 1.165) is 11.3 Å². The summed E-state index contributed by atoms with van der Waals surface area (Å²) in [5.41, 5.74) is 0.847. The fourth-order valence-corrected chi connectivity index (χ4v) is 7.99. The van der Waals surface area contributed by atoms with Crippen molar-refractivity contribution >= 4 is 66.2 Å². The molecule has 1 saturated heterocycles. The SMILES string of the molecule is Cc1cc(NC(=O)C2CCCN2S(=O)(=O)c2ccc(Cl)s2)n(-c2nc3c(F)cccc3s2)n1. The number of thiazole rings is 1. The zero-order valence-electron chi connectivity index (χ0n) is 17.2. The Kier molecular flexibility index (Phi) is 5.73. The van der Waals surface area contributed by atoms with Gasteiger partial charge in [0.05, 0.1) is 14.7 Å². The number of rotatable bonds is 5. The molecule has 172 valence electrons. The highest BCUT2D eigenvalue weighted by molar-refractivity contribution is 7.91. The molecule has 1 amide bonds. The lowest BCUT2D eigenvalue weighted by Crippen LogP contribution is -2.43. The summed E-state index contributed by atoms with van der Waals surface area (Å²) in [6.07, 6.45) is 0.954. The number of aromatic nitrogens is 3. The Hall–Kier alpha value is -2.38. The summed E-state index contributed by atoms with van der Waals surface area (Å²) >= 11 is 8.11. The van der Waals surface area contributed by atoms with Crippen LogP contribution in [0.2, 0.25) is 4.34 Å². The average molecular weight is 526 g/mol. The van der Waals surface area contributed by atoms with Gasteiger partial charge in [0.2, 0.25) is 11.0 Å². The van der Waals surface area contributed by atoms with Crippen molar-refractivity contribution in [1.82, 2.24) is 19.1 Å². The first kappa shape index (κ1) is 22.4. The Morgan fingerprint density at radius 3 is 2.82 bits per heavy atom. The van der Waals surface area contributed by atoms with Crippen LogP contribution in [0.4, 0.5) is 10.2 Å². The molecule has 0 radical (unpaired) electrons. The maximum atomic E-state index is 14.1. The molecule has 1 atom stereocenters. The van der Waals surface area contributed by atoms with Crippen molar-refractivity contribution < 1.29 is 17.6 Å². The number of hydrogen-bond donors (Lipinski definition) is 1. The van der Waals surface area contributed by atoms with E-state index >= 15 is 0 Å². The van der Waals surface area contributed by atoms with E-state index in [2.05, 4.69) is 15.4 Å². The standard InChI is InChI=1S/C20H17ClFN5O3S3/c1-11-10-16(27(25-11)20-24-18-12(22)4-2-6-14(18)31-20)23-19(28)13-5-3-9-26(13)33(29,30)17-8-7-15(21)32-17/h2,4,6-8,10,13H,3,5,9H2,1H3,(H,23,28). The van der Waals surface area contributed by atoms with Gasteiger partial charge in [0.15, 0.2) is 0 Å². The van der Waals surface area contributed by atoms with E-state index < -0.39 is 27.8 Å². The molecule has 0 spiro atoms. The van der Waals surface area contributed by atoms with Gasteiger partial charge >= 0.3 is 0 Å². The van der Waals surface area contributed by atoms with E-state index in [1.807, 2.05) is 0 Å². The lowest BCUT2D eigenvalue weighted by Gasteiger charge is -2.22. The van der Waals surface area contributed by atoms with Crippen molar-refractivity contribution in [3.63, 3.8) is 0 Å². The highest BCUT2D eigenvalue weighted by atomic mass is 35.5. The van der Waals surface area contributed by atoms with Crippen LogP contribution in [0.5, 0.6) is 0 Å². The minimum Gasteiger partial charge on any atom is -0.309 e. The molecule has 4 aromatic rings. The molecule has 0 aliphatic carbocycles. The highest BCUT2D eigenvalue weighted by Crippen LogP contribution is 2.33. The number of sulfonamides is 1. The Morgan fingerprint density at radius 2 is 2.09 bits per heavy atom. The molecule has 5 rings (SSSR count). The van der Waals surface area contributed by atoms with Crippen molar-refractivity contribution in [2.45, 2.75) is 30.0 Å². The van der Waals surface area contributed by atoms with Crippen molar-refractivity contribution in [3.05, 3.63) is 52.2 Å². The summed E-state index contributed by atoms with van der Waals surface area (Å²) in [5.74, 6) is -0.572. The number of halogens is 2. The lowest BCUT2D eigenvalue weighted by molar-refractivity contribution is -0.119. The second kappa shape index (κ2) is 8.44. The third-order valence-corrected chi connectivity index (χ3v) is 9.84. The summed E-state index contributed by atoms with van der Waals surface area (Å²) in [7, 11) is -3.85. The van der Waals surface area contributed by atoms with Crippen LogP contribution in [-0.2, 0) is 14.8 Å². The number of carbonyl (C=O) groups excluding carboxylic acids is 1. The van der Waals surface area contributed by atoms with Crippen molar-refractivity contribution in [2.24, 2.45) is 0 Å². The van der Waals surface area contributed by atoms with Gasteiger partial charge in [-0.25, -0.2) is 17.8 Å². The maximum absolute atomic E-state index is 14.1. The molecule has 0 saturated carbocycles. The number of carbonyl (C=O) groups is 1. The first-order valence-electron chi connectivity index (χ1n) is 9.94. The molecule has 13 heteroatoms. The van der Waals surface area contributed by atoms with Crippen LogP contribution in [0.3, 0.4) is 0 Å². The lowest BCUT2D eigenvalue weighted by atomic mass is 10.2. The minimum atomic E-state index is -3.85. The second-order valence-corrected chi connectivity index (χ2v) is 12.3. The number of nitrogens with zero attached hydrogens (tertiary/aromatic N) is 4. The third-order valence-electron chi connectivity index (χ3n) is 5.24. The highest BCUT2D eigenvalue weighted by Gasteiger charge is 2.40. The summed E-state index contributed by atoms with van der Waals surface area (Å²) in [6, 6.07) is 8.45. The molecule has 0 bridgehead atoms. The first-order chi connectivity index (χ1) is 15.7. The molecule has 1 N–H and O–H groups in total. The van der Waals surface area contributed by atoms with Crippen LogP contribution in [-0.4, -0.2) is 46.0 Å². The smallest absolute Gasteiger partial charge is 0.253 e. The zero-order chi connectivity index (χ0) is 23.3. The molecule has 4 heterocycles. The topological polar surface area (TPSA) is 97.2 Å². The summed E-state index contributed by atoms with van der Waals surface area (Å²) in [4.78, 5) is 17.5. The third kappa shape index (κ3) is 4.06. The van der Waals surface area contributed by atoms with Gasteiger partial charge in [-0.1, -0.05) is 29.0 Å². The number of nitrogens with one attached hydrogen (secondary N) is 1. The van der Waals surface area contributed by atoms with Crippen LogP contribution >= 0.6 is 34.3 Å². The second-order valence-electron chi connectivity index (χ2n) is 7.49. The Morgan fingerprint density at radius 1 is 1.27 bits per heavy atom. The van der Waals surface area contributed by atoms with Gasteiger partial charge in [-0.05, 0) is 44.0 Å². The zero-order valence-corrected chi connectivity index (χ0v) is 20.4. The predicted molar refractivity (Wildman–Crippen MR) is 126 cm³/mol. The molecular weight excluding hydrogens is 509 g/mol. The van der Waals surface area contributed by atoms with Crippen molar-refractivity contribution in [2.75, 3.05) is 11.9 Å². The summed E-state index contributed by atoms with van der Waals surface area (Å²) < 4.78 is 44.0. The molecular formula is C20H17ClFN5O3S3. The molecule has 8 nitrogen and oxygen atoms in total. The van der Waals surface area contributed by atoms with Gasteiger partial charge in [0, 0.05) is 12.6 Å². The van der Waals surface area contributed by atoms with Crippen molar-refractivity contribution in [1.29, 1.82) is 0 Å². The summed E-state index contributed by atoms with van der Waals surface area (Å²) in [6.45, 7) is 2.00. The number of hydrogen-bond acceptors (Lipinski definition) is 7. The van der Waals surface area contributed by atoms with Gasteiger partial charge in [0.1, 0.15) is 27.4 Å². The largest absolute Gasteiger partial charge is 0.309 e. The first-order valence-corrected chi connectivity index (χ1v) is 13.4. The predicted octanol–water partition coefficient (Wildman–Crippen LogP) is 4.44.